The zero-order chi connectivity index (χ0) is 32.5. The topological polar surface area (TPSA) is 121 Å². The molecule has 0 saturated carbocycles. The number of carbonyl (C=O) groups is 2. The van der Waals surface area contributed by atoms with E-state index in [1.165, 1.54) is 12.1 Å². The zero-order valence-electron chi connectivity index (χ0n) is 25.2. The number of para-hydroxylation sites is 1. The third-order valence-corrected chi connectivity index (χ3v) is 7.31. The van der Waals surface area contributed by atoms with Gasteiger partial charge in [0.2, 0.25) is 0 Å². The van der Waals surface area contributed by atoms with E-state index in [2.05, 4.69) is 11.2 Å². The van der Waals surface area contributed by atoms with Crippen molar-refractivity contribution in [3.8, 4) is 40.5 Å². The molecular weight excluding hydrogens is 575 g/mol. The first-order valence-corrected chi connectivity index (χ1v) is 14.7. The van der Waals surface area contributed by atoms with Crippen molar-refractivity contribution < 1.29 is 34.0 Å². The quantitative estimate of drug-likeness (QED) is 0.124. The average molecular weight is 613 g/mol. The number of terminal acetylenes is 1. The number of nitrogens with one attached hydrogen (secondary N) is 1. The van der Waals surface area contributed by atoms with Crippen LogP contribution in [0, 0.1) is 18.2 Å². The molecular formula is C36H37FN2O6. The highest BCUT2D eigenvalue weighted by Crippen LogP contribution is 2.43. The Morgan fingerprint density at radius 2 is 1.69 bits per heavy atom. The molecule has 8 nitrogen and oxygen atoms in total. The Bertz CT molecular complexity index is 1660. The van der Waals surface area contributed by atoms with Crippen molar-refractivity contribution in [1.82, 2.24) is 4.57 Å². The highest BCUT2D eigenvalue weighted by molar-refractivity contribution is 6.12. The van der Waals surface area contributed by atoms with E-state index in [0.29, 0.717) is 45.1 Å². The molecule has 4 aromatic rings. The first kappa shape index (κ1) is 33.0. The summed E-state index contributed by atoms with van der Waals surface area (Å²) in [6.45, 7) is 4.20. The lowest BCUT2D eigenvalue weighted by molar-refractivity contribution is -0.139. The van der Waals surface area contributed by atoms with Crippen molar-refractivity contribution in [2.75, 3.05) is 11.9 Å². The molecule has 0 unspecified atom stereocenters. The molecule has 0 saturated heterocycles. The summed E-state index contributed by atoms with van der Waals surface area (Å²) in [6, 6.07) is 22.3. The number of halogens is 1. The number of aromatic nitrogens is 1. The standard InChI is InChI=1S/C36H37FN2O6/c1-4-19-45-30-12-8-9-25(20-30)32-33(36(44)38-27-10-6-5-7-11-27)34(23(2)3)39(35(32)24-13-15-26(37)16-14-24)18-17-28(40)21-29(41)22-31(42)43/h1,5-16,20,23,28-29,40-41H,17-19,21-22H2,2-3H3,(H,38,44)(H,42,43)/t28-,29-/m1/s1. The smallest absolute Gasteiger partial charge is 0.305 e. The van der Waals surface area contributed by atoms with Gasteiger partial charge in [-0.05, 0) is 78.4 Å². The maximum atomic E-state index is 14.2. The summed E-state index contributed by atoms with van der Waals surface area (Å²) in [7, 11) is 0. The Hall–Kier alpha value is -4.91. The van der Waals surface area contributed by atoms with Crippen molar-refractivity contribution in [2.45, 2.75) is 57.8 Å². The van der Waals surface area contributed by atoms with Crippen LogP contribution in [0.1, 0.15) is 55.1 Å². The van der Waals surface area contributed by atoms with E-state index < -0.39 is 30.4 Å². The van der Waals surface area contributed by atoms with Gasteiger partial charge in [0.05, 0.1) is 29.9 Å². The summed E-state index contributed by atoms with van der Waals surface area (Å²) < 4.78 is 21.8. The molecule has 4 N–H and O–H groups in total. The molecule has 0 aliphatic carbocycles. The molecule has 1 heterocycles. The van der Waals surface area contributed by atoms with Gasteiger partial charge in [-0.3, -0.25) is 9.59 Å². The van der Waals surface area contributed by atoms with E-state index in [4.69, 9.17) is 16.3 Å². The lowest BCUT2D eigenvalue weighted by Gasteiger charge is -2.20. The van der Waals surface area contributed by atoms with Gasteiger partial charge >= 0.3 is 5.97 Å². The Morgan fingerprint density at radius 1 is 0.978 bits per heavy atom. The molecule has 0 spiro atoms. The fourth-order valence-electron chi connectivity index (χ4n) is 5.46. The molecule has 3 aromatic carbocycles. The fraction of sp³-hybridized carbons (Fsp3) is 0.278. The van der Waals surface area contributed by atoms with Crippen molar-refractivity contribution in [2.24, 2.45) is 0 Å². The van der Waals surface area contributed by atoms with Crippen LogP contribution < -0.4 is 10.1 Å². The molecule has 9 heteroatoms. The molecule has 0 fully saturated rings. The van der Waals surface area contributed by atoms with Crippen molar-refractivity contribution in [3.63, 3.8) is 0 Å². The van der Waals surface area contributed by atoms with Gasteiger partial charge in [-0.25, -0.2) is 4.39 Å². The van der Waals surface area contributed by atoms with Crippen LogP contribution in [0.5, 0.6) is 5.75 Å². The first-order chi connectivity index (χ1) is 21.6. The number of carboxylic acid groups (broad SMARTS) is 1. The van der Waals surface area contributed by atoms with E-state index in [-0.39, 0.29) is 37.8 Å². The van der Waals surface area contributed by atoms with Crippen LogP contribution >= 0.6 is 0 Å². The van der Waals surface area contributed by atoms with E-state index in [1.54, 1.807) is 42.5 Å². The summed E-state index contributed by atoms with van der Waals surface area (Å²) in [5.41, 5.74) is 4.22. The lowest BCUT2D eigenvalue weighted by Crippen LogP contribution is -2.22. The first-order valence-electron chi connectivity index (χ1n) is 14.7. The van der Waals surface area contributed by atoms with E-state index in [9.17, 15) is 24.2 Å². The Balaban J connectivity index is 1.94. The second-order valence-corrected chi connectivity index (χ2v) is 11.1. The van der Waals surface area contributed by atoms with E-state index in [0.717, 1.165) is 0 Å². The molecule has 0 aliphatic rings. The molecule has 4 rings (SSSR count). The highest BCUT2D eigenvalue weighted by Gasteiger charge is 2.31. The van der Waals surface area contributed by atoms with Gasteiger partial charge in [0.1, 0.15) is 18.2 Å². The number of benzene rings is 3. The molecule has 1 aromatic heterocycles. The minimum absolute atomic E-state index is 0.0551. The number of amides is 1. The van der Waals surface area contributed by atoms with Gasteiger partial charge < -0.3 is 29.9 Å². The highest BCUT2D eigenvalue weighted by atomic mass is 19.1. The fourth-order valence-corrected chi connectivity index (χ4v) is 5.46. The number of rotatable bonds is 14. The monoisotopic (exact) mass is 612 g/mol. The molecule has 0 bridgehead atoms. The molecule has 234 valence electrons. The van der Waals surface area contributed by atoms with Crippen LogP contribution in [-0.4, -0.2) is 50.6 Å². The molecule has 45 heavy (non-hydrogen) atoms. The normalized spacial score (nSPS) is 12.4. The van der Waals surface area contributed by atoms with Gasteiger partial charge in [0.15, 0.2) is 0 Å². The summed E-state index contributed by atoms with van der Waals surface area (Å²) in [5.74, 6) is 0.853. The molecule has 0 aliphatic heterocycles. The van der Waals surface area contributed by atoms with Crippen LogP contribution in [0.3, 0.4) is 0 Å². The third kappa shape index (κ3) is 8.38. The number of hydrogen-bond acceptors (Lipinski definition) is 5. The van der Waals surface area contributed by atoms with E-state index >= 15 is 0 Å². The summed E-state index contributed by atoms with van der Waals surface area (Å²) in [6.07, 6.45) is 2.73. The summed E-state index contributed by atoms with van der Waals surface area (Å²) in [4.78, 5) is 25.3. The minimum Gasteiger partial charge on any atom is -0.481 e. The van der Waals surface area contributed by atoms with Crippen LogP contribution in [0.15, 0.2) is 78.9 Å². The SMILES string of the molecule is C#CCOc1cccc(-c2c(C(=O)Nc3ccccc3)c(C(C)C)n(CC[C@@H](O)C[C@@H](O)CC(=O)O)c2-c2ccc(F)cc2)c1. The van der Waals surface area contributed by atoms with Gasteiger partial charge in [-0.1, -0.05) is 50.1 Å². The number of carboxylic acids is 1. The Labute approximate surface area is 262 Å². The second kappa shape index (κ2) is 15.2. The maximum absolute atomic E-state index is 14.2. The Kier molecular flexibility index (Phi) is 11.1. The number of aliphatic hydroxyl groups excluding tert-OH is 2. The number of nitrogens with zero attached hydrogens (tertiary/aromatic N) is 1. The minimum atomic E-state index is -1.21. The summed E-state index contributed by atoms with van der Waals surface area (Å²) >= 11 is 0. The van der Waals surface area contributed by atoms with Gasteiger partial charge in [-0.2, -0.15) is 0 Å². The number of aliphatic hydroxyl groups is 2. The predicted molar refractivity (Wildman–Crippen MR) is 172 cm³/mol. The van der Waals surface area contributed by atoms with Crippen LogP contribution in [-0.2, 0) is 11.3 Å². The van der Waals surface area contributed by atoms with Crippen LogP contribution in [0.25, 0.3) is 22.4 Å². The van der Waals surface area contributed by atoms with E-state index in [1.807, 2.05) is 42.7 Å². The third-order valence-electron chi connectivity index (χ3n) is 7.31. The molecule has 2 atom stereocenters. The second-order valence-electron chi connectivity index (χ2n) is 11.1. The maximum Gasteiger partial charge on any atom is 0.305 e. The number of anilines is 1. The predicted octanol–water partition coefficient (Wildman–Crippen LogP) is 6.33. The number of hydrogen-bond donors (Lipinski definition) is 4. The van der Waals surface area contributed by atoms with Gasteiger partial charge in [-0.15, -0.1) is 6.42 Å². The number of ether oxygens (including phenoxy) is 1. The average Bonchev–Trinajstić information content (AvgIpc) is 3.35. The lowest BCUT2D eigenvalue weighted by atomic mass is 9.94. The zero-order valence-corrected chi connectivity index (χ0v) is 25.2. The number of carbonyl (C=O) groups excluding carboxylic acids is 1. The molecule has 1 amide bonds. The van der Waals surface area contributed by atoms with Crippen molar-refractivity contribution in [1.29, 1.82) is 0 Å². The van der Waals surface area contributed by atoms with Gasteiger partial charge in [0.25, 0.3) is 5.91 Å². The van der Waals surface area contributed by atoms with Gasteiger partial charge in [0, 0.05) is 23.5 Å². The molecule has 0 radical (unpaired) electrons. The Morgan fingerprint density at radius 3 is 2.33 bits per heavy atom. The van der Waals surface area contributed by atoms with Crippen molar-refractivity contribution in [3.05, 3.63) is 95.9 Å². The largest absolute Gasteiger partial charge is 0.481 e. The van der Waals surface area contributed by atoms with Crippen LogP contribution in [0.2, 0.25) is 0 Å². The van der Waals surface area contributed by atoms with Crippen molar-refractivity contribution >= 4 is 17.6 Å². The van der Waals surface area contributed by atoms with Crippen LogP contribution in [0.4, 0.5) is 10.1 Å². The summed E-state index contributed by atoms with van der Waals surface area (Å²) in [5, 5.41) is 33.0. The number of aliphatic carboxylic acids is 1.